The number of halogens is 3. The van der Waals surface area contributed by atoms with E-state index in [-0.39, 0.29) is 12.2 Å². The van der Waals surface area contributed by atoms with Gasteiger partial charge in [-0.2, -0.15) is 18.4 Å². The Morgan fingerprint density at radius 1 is 1.29 bits per heavy atom. The van der Waals surface area contributed by atoms with Gasteiger partial charge in [-0.25, -0.2) is 0 Å². The van der Waals surface area contributed by atoms with E-state index in [1.165, 1.54) is 18.2 Å². The molecule has 1 rings (SSSR count). The molecule has 0 saturated heterocycles. The quantitative estimate of drug-likeness (QED) is 0.880. The average molecular weight is 244 g/mol. The van der Waals surface area contributed by atoms with E-state index in [1.807, 2.05) is 0 Å². The van der Waals surface area contributed by atoms with Crippen LogP contribution in [0.3, 0.4) is 0 Å². The fraction of sp³-hybridized carbons (Fsp3) is 0.364. The molecule has 0 aliphatic carbocycles. The van der Waals surface area contributed by atoms with Crippen molar-refractivity contribution in [1.29, 1.82) is 5.26 Å². The first-order valence-corrected chi connectivity index (χ1v) is 4.89. The van der Waals surface area contributed by atoms with Crippen LogP contribution in [0.25, 0.3) is 0 Å². The number of nitriles is 1. The van der Waals surface area contributed by atoms with E-state index in [9.17, 15) is 13.2 Å². The molecule has 0 fully saturated rings. The van der Waals surface area contributed by atoms with Crippen LogP contribution in [0.15, 0.2) is 30.3 Å². The fourth-order valence-electron chi connectivity index (χ4n) is 1.45. The van der Waals surface area contributed by atoms with Gasteiger partial charge in [0.1, 0.15) is 0 Å². The van der Waals surface area contributed by atoms with Crippen LogP contribution in [-0.2, 0) is 0 Å². The van der Waals surface area contributed by atoms with Crippen molar-refractivity contribution in [2.75, 3.05) is 18.1 Å². The molecule has 1 atom stereocenters. The third kappa shape index (κ3) is 3.36. The third-order valence-electron chi connectivity index (χ3n) is 2.17. The van der Waals surface area contributed by atoms with Crippen molar-refractivity contribution in [3.05, 3.63) is 30.3 Å². The number of para-hydroxylation sites is 1. The Bertz CT molecular complexity index is 386. The predicted molar refractivity (Wildman–Crippen MR) is 56.3 cm³/mol. The Labute approximate surface area is 96.7 Å². The molecule has 3 nitrogen and oxygen atoms in total. The van der Waals surface area contributed by atoms with Gasteiger partial charge in [0.15, 0.2) is 0 Å². The van der Waals surface area contributed by atoms with E-state index in [4.69, 9.17) is 10.4 Å². The van der Waals surface area contributed by atoms with Gasteiger partial charge >= 0.3 is 6.18 Å². The van der Waals surface area contributed by atoms with Gasteiger partial charge in [-0.15, -0.1) is 0 Å². The summed E-state index contributed by atoms with van der Waals surface area (Å²) in [7, 11) is 0. The van der Waals surface area contributed by atoms with Crippen molar-refractivity contribution in [1.82, 2.24) is 0 Å². The van der Waals surface area contributed by atoms with E-state index in [2.05, 4.69) is 0 Å². The molecule has 0 aliphatic rings. The van der Waals surface area contributed by atoms with Crippen molar-refractivity contribution in [3.8, 4) is 6.07 Å². The lowest BCUT2D eigenvalue weighted by Gasteiger charge is -2.29. The van der Waals surface area contributed by atoms with Crippen molar-refractivity contribution in [2.24, 2.45) is 0 Å². The number of alkyl halides is 3. The molecular weight excluding hydrogens is 233 g/mol. The van der Waals surface area contributed by atoms with Gasteiger partial charge in [-0.1, -0.05) is 18.2 Å². The van der Waals surface area contributed by atoms with Gasteiger partial charge in [-0.05, 0) is 12.1 Å². The maximum absolute atomic E-state index is 12.6. The molecule has 92 valence electrons. The van der Waals surface area contributed by atoms with E-state index >= 15 is 0 Å². The van der Waals surface area contributed by atoms with Crippen molar-refractivity contribution in [3.63, 3.8) is 0 Å². The maximum Gasteiger partial charge on any atom is 0.422 e. The highest BCUT2D eigenvalue weighted by Gasteiger charge is 2.44. The summed E-state index contributed by atoms with van der Waals surface area (Å²) in [5.74, 6) is 0. The lowest BCUT2D eigenvalue weighted by Crippen LogP contribution is -2.46. The van der Waals surface area contributed by atoms with Crippen molar-refractivity contribution < 1.29 is 18.3 Å². The number of aliphatic hydroxyl groups excluding tert-OH is 1. The van der Waals surface area contributed by atoms with Crippen molar-refractivity contribution in [2.45, 2.75) is 12.2 Å². The van der Waals surface area contributed by atoms with Gasteiger partial charge in [0, 0.05) is 12.2 Å². The van der Waals surface area contributed by atoms with E-state index in [0.717, 1.165) is 4.90 Å². The molecule has 1 N–H and O–H groups in total. The normalized spacial score (nSPS) is 12.9. The van der Waals surface area contributed by atoms with Gasteiger partial charge < -0.3 is 10.0 Å². The molecule has 6 heteroatoms. The summed E-state index contributed by atoms with van der Waals surface area (Å²) >= 11 is 0. The summed E-state index contributed by atoms with van der Waals surface area (Å²) in [5, 5.41) is 17.4. The molecule has 0 saturated carbocycles. The van der Waals surface area contributed by atoms with Gasteiger partial charge in [0.25, 0.3) is 0 Å². The summed E-state index contributed by atoms with van der Waals surface area (Å²) < 4.78 is 37.9. The highest BCUT2D eigenvalue weighted by Crippen LogP contribution is 2.28. The summed E-state index contributed by atoms with van der Waals surface area (Å²) in [4.78, 5) is 0.833. The van der Waals surface area contributed by atoms with Crippen molar-refractivity contribution >= 4 is 5.69 Å². The molecule has 1 aromatic carbocycles. The minimum Gasteiger partial charge on any atom is -0.395 e. The molecule has 0 spiro atoms. The average Bonchev–Trinajstić information content (AvgIpc) is 2.28. The number of benzene rings is 1. The highest BCUT2D eigenvalue weighted by molar-refractivity contribution is 5.49. The third-order valence-corrected chi connectivity index (χ3v) is 2.17. The minimum absolute atomic E-state index is 0.248. The summed E-state index contributed by atoms with van der Waals surface area (Å²) in [6.45, 7) is -0.703. The topological polar surface area (TPSA) is 47.3 Å². The van der Waals surface area contributed by atoms with E-state index in [1.54, 1.807) is 18.2 Å². The molecule has 1 aromatic rings. The van der Waals surface area contributed by atoms with Gasteiger partial charge in [-0.3, -0.25) is 0 Å². The molecular formula is C11H11F3N2O. The standard InChI is InChI=1S/C11H11F3N2O/c12-11(13,14)10(8-15)16(6-7-17)9-4-2-1-3-5-9/h1-5,10,17H,6-7H2. The first-order valence-electron chi connectivity index (χ1n) is 4.89. The molecule has 17 heavy (non-hydrogen) atoms. The Hall–Kier alpha value is -1.74. The predicted octanol–water partition coefficient (Wildman–Crippen LogP) is 1.94. The minimum atomic E-state index is -4.65. The molecule has 0 aromatic heterocycles. The summed E-state index contributed by atoms with van der Waals surface area (Å²) in [6, 6.07) is 6.70. The maximum atomic E-state index is 12.6. The molecule has 0 heterocycles. The molecule has 0 amide bonds. The molecule has 0 radical (unpaired) electrons. The fourth-order valence-corrected chi connectivity index (χ4v) is 1.45. The Morgan fingerprint density at radius 3 is 2.29 bits per heavy atom. The molecule has 0 bridgehead atoms. The zero-order valence-electron chi connectivity index (χ0n) is 8.85. The number of hydrogen-bond acceptors (Lipinski definition) is 3. The largest absolute Gasteiger partial charge is 0.422 e. The van der Waals surface area contributed by atoms with Gasteiger partial charge in [0.05, 0.1) is 12.7 Å². The SMILES string of the molecule is N#CC(N(CCO)c1ccccc1)C(F)(F)F. The van der Waals surface area contributed by atoms with Crippen LogP contribution in [0, 0.1) is 11.3 Å². The molecule has 1 unspecified atom stereocenters. The zero-order chi connectivity index (χ0) is 12.9. The first-order chi connectivity index (χ1) is 8.00. The van der Waals surface area contributed by atoms with Crippen LogP contribution in [0.1, 0.15) is 0 Å². The molecule has 0 aliphatic heterocycles. The van der Waals surface area contributed by atoms with Gasteiger partial charge in [0.2, 0.25) is 6.04 Å². The van der Waals surface area contributed by atoms with Crippen LogP contribution in [0.5, 0.6) is 0 Å². The number of hydrogen-bond donors (Lipinski definition) is 1. The summed E-state index contributed by atoms with van der Waals surface area (Å²) in [5.41, 5.74) is 0.255. The smallest absolute Gasteiger partial charge is 0.395 e. The monoisotopic (exact) mass is 244 g/mol. The van der Waals surface area contributed by atoms with E-state index in [0.29, 0.717) is 0 Å². The summed E-state index contributed by atoms with van der Waals surface area (Å²) in [6.07, 6.45) is -4.65. The van der Waals surface area contributed by atoms with E-state index < -0.39 is 18.8 Å². The second kappa shape index (κ2) is 5.55. The second-order valence-electron chi connectivity index (χ2n) is 3.33. The Morgan fingerprint density at radius 2 is 1.88 bits per heavy atom. The lowest BCUT2D eigenvalue weighted by molar-refractivity contribution is -0.136. The van der Waals surface area contributed by atoms with Crippen LogP contribution in [0.2, 0.25) is 0 Å². The Kier molecular flexibility index (Phi) is 4.35. The van der Waals surface area contributed by atoms with Crippen LogP contribution in [-0.4, -0.2) is 30.5 Å². The zero-order valence-corrected chi connectivity index (χ0v) is 8.85. The number of rotatable bonds is 4. The second-order valence-corrected chi connectivity index (χ2v) is 3.33. The first kappa shape index (κ1) is 13.3. The number of aliphatic hydroxyl groups is 1. The van der Waals surface area contributed by atoms with Crippen LogP contribution < -0.4 is 4.90 Å². The number of anilines is 1. The van der Waals surface area contributed by atoms with Crippen LogP contribution >= 0.6 is 0 Å². The lowest BCUT2D eigenvalue weighted by atomic mass is 10.2. The number of nitrogens with zero attached hydrogens (tertiary/aromatic N) is 2. The Balaban J connectivity index is 3.05. The van der Waals surface area contributed by atoms with Crippen LogP contribution in [0.4, 0.5) is 18.9 Å². The highest BCUT2D eigenvalue weighted by atomic mass is 19.4.